The van der Waals surface area contributed by atoms with Gasteiger partial charge in [0.05, 0.1) is 31.4 Å². The number of hydrogen-bond acceptors (Lipinski definition) is 5. The minimum atomic E-state index is -0.195. The molecule has 2 aromatic carbocycles. The van der Waals surface area contributed by atoms with Crippen molar-refractivity contribution >= 4 is 5.91 Å². The lowest BCUT2D eigenvalue weighted by molar-refractivity contribution is -0.124. The van der Waals surface area contributed by atoms with Gasteiger partial charge in [0, 0.05) is 6.07 Å². The fourth-order valence-corrected chi connectivity index (χ4v) is 3.04. The van der Waals surface area contributed by atoms with Crippen molar-refractivity contribution in [3.8, 4) is 23.3 Å². The summed E-state index contributed by atoms with van der Waals surface area (Å²) >= 11 is 0. The van der Waals surface area contributed by atoms with Gasteiger partial charge in [-0.25, -0.2) is 0 Å². The van der Waals surface area contributed by atoms with Gasteiger partial charge in [0.25, 0.3) is 5.91 Å². The first kappa shape index (κ1) is 19.6. The molecule has 1 N–H and O–H groups in total. The molecule has 0 spiro atoms. The molecule has 146 valence electrons. The lowest BCUT2D eigenvalue weighted by Crippen LogP contribution is -2.33. The molecule has 1 saturated carbocycles. The van der Waals surface area contributed by atoms with Crippen molar-refractivity contribution in [1.29, 1.82) is 5.26 Å². The first-order valence-corrected chi connectivity index (χ1v) is 9.37. The molecule has 2 aromatic rings. The Morgan fingerprint density at radius 2 is 1.93 bits per heavy atom. The zero-order chi connectivity index (χ0) is 19.9. The highest BCUT2D eigenvalue weighted by Crippen LogP contribution is 2.41. The SMILES string of the molecule is CCOc1cc(C#N)ccc1OCC(=O)NC(c1ccc(OC)cc1)C1CC1. The maximum atomic E-state index is 12.5. The number of carbonyl (C=O) groups is 1. The Morgan fingerprint density at radius 3 is 2.54 bits per heavy atom. The van der Waals surface area contributed by atoms with Crippen molar-refractivity contribution < 1.29 is 19.0 Å². The smallest absolute Gasteiger partial charge is 0.258 e. The van der Waals surface area contributed by atoms with Crippen LogP contribution >= 0.6 is 0 Å². The zero-order valence-electron chi connectivity index (χ0n) is 16.1. The van der Waals surface area contributed by atoms with E-state index in [4.69, 9.17) is 19.5 Å². The number of rotatable bonds is 9. The highest BCUT2D eigenvalue weighted by Gasteiger charge is 2.33. The number of carbonyl (C=O) groups excluding carboxylic acids is 1. The Labute approximate surface area is 165 Å². The molecule has 0 saturated heterocycles. The molecule has 0 aromatic heterocycles. The highest BCUT2D eigenvalue weighted by atomic mass is 16.5. The molecule has 28 heavy (non-hydrogen) atoms. The van der Waals surface area contributed by atoms with Gasteiger partial charge in [0.1, 0.15) is 5.75 Å². The van der Waals surface area contributed by atoms with E-state index in [1.54, 1.807) is 25.3 Å². The minimum Gasteiger partial charge on any atom is -0.497 e. The van der Waals surface area contributed by atoms with Crippen LogP contribution in [0.3, 0.4) is 0 Å². The van der Waals surface area contributed by atoms with Crippen LogP contribution in [0, 0.1) is 17.2 Å². The van der Waals surface area contributed by atoms with Crippen molar-refractivity contribution in [2.45, 2.75) is 25.8 Å². The number of amides is 1. The van der Waals surface area contributed by atoms with E-state index in [-0.39, 0.29) is 18.6 Å². The van der Waals surface area contributed by atoms with E-state index >= 15 is 0 Å². The van der Waals surface area contributed by atoms with E-state index in [0.29, 0.717) is 29.6 Å². The summed E-state index contributed by atoms with van der Waals surface area (Å²) in [4.78, 5) is 12.5. The predicted octanol–water partition coefficient (Wildman–Crippen LogP) is 3.61. The molecular weight excluding hydrogens is 356 g/mol. The Hall–Kier alpha value is -3.20. The van der Waals surface area contributed by atoms with Crippen molar-refractivity contribution in [1.82, 2.24) is 5.32 Å². The molecule has 0 heterocycles. The van der Waals surface area contributed by atoms with Gasteiger partial charge in [-0.1, -0.05) is 12.1 Å². The molecule has 3 rings (SSSR count). The van der Waals surface area contributed by atoms with Gasteiger partial charge < -0.3 is 19.5 Å². The second-order valence-electron chi connectivity index (χ2n) is 6.65. The van der Waals surface area contributed by atoms with Gasteiger partial charge >= 0.3 is 0 Å². The Morgan fingerprint density at radius 1 is 1.18 bits per heavy atom. The average Bonchev–Trinajstić information content (AvgIpc) is 3.56. The van der Waals surface area contributed by atoms with Crippen LogP contribution in [0.5, 0.6) is 17.2 Å². The number of nitriles is 1. The summed E-state index contributed by atoms with van der Waals surface area (Å²) in [7, 11) is 1.63. The molecule has 6 nitrogen and oxygen atoms in total. The topological polar surface area (TPSA) is 80.6 Å². The van der Waals surface area contributed by atoms with Crippen LogP contribution in [-0.2, 0) is 4.79 Å². The van der Waals surface area contributed by atoms with Gasteiger partial charge in [-0.3, -0.25) is 4.79 Å². The van der Waals surface area contributed by atoms with Crippen molar-refractivity contribution in [3.05, 3.63) is 53.6 Å². The second-order valence-corrected chi connectivity index (χ2v) is 6.65. The standard InChI is InChI=1S/C22H24N2O4/c1-3-27-20-12-15(13-23)4-11-19(20)28-14-21(25)24-22(16-5-6-16)17-7-9-18(26-2)10-8-17/h4,7-12,16,22H,3,5-6,14H2,1-2H3,(H,24,25). The molecular formula is C22H24N2O4. The summed E-state index contributed by atoms with van der Waals surface area (Å²) in [6, 6.07) is 14.7. The lowest BCUT2D eigenvalue weighted by Gasteiger charge is -2.19. The van der Waals surface area contributed by atoms with E-state index < -0.39 is 0 Å². The largest absolute Gasteiger partial charge is 0.497 e. The monoisotopic (exact) mass is 380 g/mol. The third-order valence-corrected chi connectivity index (χ3v) is 4.62. The maximum Gasteiger partial charge on any atom is 0.258 e. The van der Waals surface area contributed by atoms with Gasteiger partial charge in [0.2, 0.25) is 0 Å². The zero-order valence-corrected chi connectivity index (χ0v) is 16.1. The van der Waals surface area contributed by atoms with Crippen LogP contribution in [0.2, 0.25) is 0 Å². The van der Waals surface area contributed by atoms with Crippen LogP contribution in [-0.4, -0.2) is 26.2 Å². The molecule has 1 aliphatic carbocycles. The molecule has 1 unspecified atom stereocenters. The number of nitrogens with one attached hydrogen (secondary N) is 1. The molecule has 0 radical (unpaired) electrons. The number of benzene rings is 2. The number of methoxy groups -OCH3 is 1. The summed E-state index contributed by atoms with van der Waals surface area (Å²) in [5, 5.41) is 12.1. The minimum absolute atomic E-state index is 0.0330. The number of nitrogens with zero attached hydrogens (tertiary/aromatic N) is 1. The predicted molar refractivity (Wildman–Crippen MR) is 104 cm³/mol. The lowest BCUT2D eigenvalue weighted by atomic mass is 10.0. The summed E-state index contributed by atoms with van der Waals surface area (Å²) in [6.07, 6.45) is 2.20. The van der Waals surface area contributed by atoms with E-state index in [2.05, 4.69) is 11.4 Å². The van der Waals surface area contributed by atoms with Crippen molar-refractivity contribution in [3.63, 3.8) is 0 Å². The molecule has 0 bridgehead atoms. The molecule has 1 atom stereocenters. The molecule has 1 aliphatic rings. The van der Waals surface area contributed by atoms with Gasteiger partial charge in [0.15, 0.2) is 18.1 Å². The van der Waals surface area contributed by atoms with Gasteiger partial charge in [-0.15, -0.1) is 0 Å². The van der Waals surface area contributed by atoms with Gasteiger partial charge in [-0.2, -0.15) is 5.26 Å². The summed E-state index contributed by atoms with van der Waals surface area (Å²) in [5.41, 5.74) is 1.54. The van der Waals surface area contributed by atoms with Crippen LogP contribution < -0.4 is 19.5 Å². The van der Waals surface area contributed by atoms with E-state index in [9.17, 15) is 4.79 Å². The molecule has 0 aliphatic heterocycles. The van der Waals surface area contributed by atoms with Crippen LogP contribution in [0.15, 0.2) is 42.5 Å². The fraction of sp³-hybridized carbons (Fsp3) is 0.364. The first-order valence-electron chi connectivity index (χ1n) is 9.37. The fourth-order valence-electron chi connectivity index (χ4n) is 3.04. The maximum absolute atomic E-state index is 12.5. The van der Waals surface area contributed by atoms with Crippen LogP contribution in [0.4, 0.5) is 0 Å². The molecule has 1 amide bonds. The molecule has 1 fully saturated rings. The Balaban J connectivity index is 1.63. The van der Waals surface area contributed by atoms with Gasteiger partial charge in [-0.05, 0) is 55.5 Å². The van der Waals surface area contributed by atoms with Crippen molar-refractivity contribution in [2.24, 2.45) is 5.92 Å². The summed E-state index contributed by atoms with van der Waals surface area (Å²) in [6.45, 7) is 2.18. The first-order chi connectivity index (χ1) is 13.6. The number of ether oxygens (including phenoxy) is 3. The van der Waals surface area contributed by atoms with E-state index in [1.807, 2.05) is 31.2 Å². The Kier molecular flexibility index (Phi) is 6.38. The quantitative estimate of drug-likeness (QED) is 0.719. The Bertz CT molecular complexity index is 854. The average molecular weight is 380 g/mol. The van der Waals surface area contributed by atoms with E-state index in [0.717, 1.165) is 24.2 Å². The normalized spacial score (nSPS) is 13.9. The third kappa shape index (κ3) is 4.95. The van der Waals surface area contributed by atoms with Crippen LogP contribution in [0.25, 0.3) is 0 Å². The third-order valence-electron chi connectivity index (χ3n) is 4.62. The highest BCUT2D eigenvalue weighted by molar-refractivity contribution is 5.78. The summed E-state index contributed by atoms with van der Waals surface area (Å²) in [5.74, 6) is 1.95. The van der Waals surface area contributed by atoms with E-state index in [1.165, 1.54) is 0 Å². The summed E-state index contributed by atoms with van der Waals surface area (Å²) < 4.78 is 16.4. The van der Waals surface area contributed by atoms with Crippen molar-refractivity contribution in [2.75, 3.05) is 20.3 Å². The second kappa shape index (κ2) is 9.14. The van der Waals surface area contributed by atoms with Crippen LogP contribution in [0.1, 0.15) is 36.9 Å². The number of hydrogen-bond donors (Lipinski definition) is 1. The molecule has 6 heteroatoms.